The van der Waals surface area contributed by atoms with Crippen LogP contribution in [0.4, 0.5) is 5.69 Å². The fourth-order valence-corrected chi connectivity index (χ4v) is 3.01. The maximum Gasteiger partial charge on any atom is 0.243 e. The van der Waals surface area contributed by atoms with E-state index in [1.807, 2.05) is 23.1 Å². The summed E-state index contributed by atoms with van der Waals surface area (Å²) in [5.41, 5.74) is 0.507. The monoisotopic (exact) mass is 269 g/mol. The standard InChI is InChI=1S/C16H19N3O/c17-13-16(7-4-8-16)15(20)19-11-9-18(10-12-19)14-5-2-1-3-6-14/h1-3,5-6H,4,7-12H2. The van der Waals surface area contributed by atoms with E-state index in [4.69, 9.17) is 0 Å². The molecule has 2 fully saturated rings. The Kier molecular flexibility index (Phi) is 3.35. The smallest absolute Gasteiger partial charge is 0.243 e. The molecule has 4 heteroatoms. The lowest BCUT2D eigenvalue weighted by Gasteiger charge is -2.42. The normalized spacial score (nSPS) is 20.9. The Morgan fingerprint density at radius 3 is 2.25 bits per heavy atom. The van der Waals surface area contributed by atoms with Crippen molar-refractivity contribution >= 4 is 11.6 Å². The summed E-state index contributed by atoms with van der Waals surface area (Å²) >= 11 is 0. The summed E-state index contributed by atoms with van der Waals surface area (Å²) in [4.78, 5) is 16.6. The van der Waals surface area contributed by atoms with Gasteiger partial charge in [0.1, 0.15) is 5.41 Å². The minimum absolute atomic E-state index is 0.0546. The SMILES string of the molecule is N#CC1(C(=O)N2CCN(c3ccccc3)CC2)CCC1. The first-order valence-electron chi connectivity index (χ1n) is 7.26. The molecule has 1 aromatic rings. The number of nitrogens with zero attached hydrogens (tertiary/aromatic N) is 3. The van der Waals surface area contributed by atoms with Gasteiger partial charge in [-0.1, -0.05) is 18.2 Å². The van der Waals surface area contributed by atoms with Gasteiger partial charge in [-0.15, -0.1) is 0 Å². The summed E-state index contributed by atoms with van der Waals surface area (Å²) in [5.74, 6) is 0.0546. The third-order valence-corrected chi connectivity index (χ3v) is 4.52. The molecule has 0 aromatic heterocycles. The van der Waals surface area contributed by atoms with Crippen molar-refractivity contribution in [3.05, 3.63) is 30.3 Å². The molecule has 104 valence electrons. The highest BCUT2D eigenvalue weighted by Crippen LogP contribution is 2.42. The van der Waals surface area contributed by atoms with E-state index in [2.05, 4.69) is 23.1 Å². The van der Waals surface area contributed by atoms with Crippen molar-refractivity contribution in [1.29, 1.82) is 5.26 Å². The molecular weight excluding hydrogens is 250 g/mol. The molecule has 20 heavy (non-hydrogen) atoms. The largest absolute Gasteiger partial charge is 0.368 e. The summed E-state index contributed by atoms with van der Waals surface area (Å²) in [6, 6.07) is 12.5. The Morgan fingerprint density at radius 1 is 1.10 bits per heavy atom. The number of hydrogen-bond acceptors (Lipinski definition) is 3. The van der Waals surface area contributed by atoms with Gasteiger partial charge in [-0.3, -0.25) is 4.79 Å². The van der Waals surface area contributed by atoms with Crippen LogP contribution in [0, 0.1) is 16.7 Å². The van der Waals surface area contributed by atoms with Gasteiger partial charge in [0.25, 0.3) is 0 Å². The van der Waals surface area contributed by atoms with Crippen LogP contribution < -0.4 is 4.90 Å². The molecule has 0 unspecified atom stereocenters. The minimum atomic E-state index is -0.699. The average molecular weight is 269 g/mol. The second-order valence-electron chi connectivity index (χ2n) is 5.66. The van der Waals surface area contributed by atoms with E-state index in [-0.39, 0.29) is 5.91 Å². The predicted octanol–water partition coefficient (Wildman–Crippen LogP) is 2.03. The summed E-state index contributed by atoms with van der Waals surface area (Å²) in [6.45, 7) is 3.13. The third kappa shape index (κ3) is 2.14. The van der Waals surface area contributed by atoms with Gasteiger partial charge in [-0.25, -0.2) is 0 Å². The topological polar surface area (TPSA) is 47.3 Å². The molecule has 1 heterocycles. The Bertz CT molecular complexity index is 522. The lowest BCUT2D eigenvalue weighted by Crippen LogP contribution is -2.54. The van der Waals surface area contributed by atoms with Gasteiger partial charge in [-0.05, 0) is 31.4 Å². The molecule has 4 nitrogen and oxygen atoms in total. The number of rotatable bonds is 2. The Hall–Kier alpha value is -2.02. The second-order valence-corrected chi connectivity index (χ2v) is 5.66. The molecule has 0 spiro atoms. The maximum atomic E-state index is 12.5. The number of amides is 1. The fourth-order valence-electron chi connectivity index (χ4n) is 3.01. The zero-order chi connectivity index (χ0) is 14.0. The minimum Gasteiger partial charge on any atom is -0.368 e. The first-order chi connectivity index (χ1) is 9.75. The van der Waals surface area contributed by atoms with E-state index in [1.165, 1.54) is 5.69 Å². The summed E-state index contributed by atoms with van der Waals surface area (Å²) < 4.78 is 0. The van der Waals surface area contributed by atoms with E-state index in [0.717, 1.165) is 45.4 Å². The van der Waals surface area contributed by atoms with Gasteiger partial charge in [0, 0.05) is 31.9 Å². The lowest BCUT2D eigenvalue weighted by atomic mass is 9.69. The summed E-state index contributed by atoms with van der Waals surface area (Å²) in [7, 11) is 0. The molecule has 0 bridgehead atoms. The van der Waals surface area contributed by atoms with Crippen LogP contribution in [0.3, 0.4) is 0 Å². The van der Waals surface area contributed by atoms with Crippen LogP contribution in [0.2, 0.25) is 0 Å². The van der Waals surface area contributed by atoms with Gasteiger partial charge in [0.05, 0.1) is 6.07 Å². The van der Waals surface area contributed by atoms with E-state index in [1.54, 1.807) is 0 Å². The van der Waals surface area contributed by atoms with Crippen molar-refractivity contribution in [3.63, 3.8) is 0 Å². The predicted molar refractivity (Wildman–Crippen MR) is 77.1 cm³/mol. The van der Waals surface area contributed by atoms with E-state index in [9.17, 15) is 10.1 Å². The molecule has 0 atom stereocenters. The number of carbonyl (C=O) groups excluding carboxylic acids is 1. The number of nitriles is 1. The third-order valence-electron chi connectivity index (χ3n) is 4.52. The van der Waals surface area contributed by atoms with E-state index in [0.29, 0.717) is 0 Å². The van der Waals surface area contributed by atoms with Crippen molar-refractivity contribution in [2.24, 2.45) is 5.41 Å². The lowest BCUT2D eigenvalue weighted by molar-refractivity contribution is -0.143. The zero-order valence-electron chi connectivity index (χ0n) is 11.6. The first kappa shape index (κ1) is 13.0. The highest BCUT2D eigenvalue weighted by molar-refractivity contribution is 5.86. The number of piperazine rings is 1. The van der Waals surface area contributed by atoms with Crippen molar-refractivity contribution in [2.45, 2.75) is 19.3 Å². The summed E-state index contributed by atoms with van der Waals surface area (Å²) in [6.07, 6.45) is 2.48. The van der Waals surface area contributed by atoms with Crippen LogP contribution in [0.1, 0.15) is 19.3 Å². The van der Waals surface area contributed by atoms with Gasteiger partial charge >= 0.3 is 0 Å². The van der Waals surface area contributed by atoms with Gasteiger partial charge < -0.3 is 9.80 Å². The average Bonchev–Trinajstić information content (AvgIpc) is 2.48. The number of hydrogen-bond donors (Lipinski definition) is 0. The highest BCUT2D eigenvalue weighted by atomic mass is 16.2. The molecule has 2 aliphatic rings. The molecule has 1 aliphatic heterocycles. The molecule has 3 rings (SSSR count). The fraction of sp³-hybridized carbons (Fsp3) is 0.500. The van der Waals surface area contributed by atoms with Crippen molar-refractivity contribution in [3.8, 4) is 6.07 Å². The number of benzene rings is 1. The molecule has 1 aromatic carbocycles. The number of para-hydroxylation sites is 1. The van der Waals surface area contributed by atoms with Crippen LogP contribution in [-0.2, 0) is 4.79 Å². The van der Waals surface area contributed by atoms with Crippen LogP contribution in [0.25, 0.3) is 0 Å². The molecule has 0 radical (unpaired) electrons. The Balaban J connectivity index is 1.62. The molecule has 1 saturated heterocycles. The van der Waals surface area contributed by atoms with E-state index >= 15 is 0 Å². The van der Waals surface area contributed by atoms with E-state index < -0.39 is 5.41 Å². The first-order valence-corrected chi connectivity index (χ1v) is 7.26. The van der Waals surface area contributed by atoms with Crippen molar-refractivity contribution in [2.75, 3.05) is 31.1 Å². The molecule has 1 saturated carbocycles. The van der Waals surface area contributed by atoms with Crippen LogP contribution in [0.15, 0.2) is 30.3 Å². The maximum absolute atomic E-state index is 12.5. The van der Waals surface area contributed by atoms with Gasteiger partial charge in [0.2, 0.25) is 5.91 Å². The Morgan fingerprint density at radius 2 is 1.75 bits per heavy atom. The quantitative estimate of drug-likeness (QED) is 0.825. The molecular formula is C16H19N3O. The molecule has 0 N–H and O–H groups in total. The van der Waals surface area contributed by atoms with Crippen LogP contribution in [0.5, 0.6) is 0 Å². The summed E-state index contributed by atoms with van der Waals surface area (Å²) in [5, 5.41) is 9.26. The molecule has 1 amide bonds. The van der Waals surface area contributed by atoms with Crippen molar-refractivity contribution in [1.82, 2.24) is 4.90 Å². The zero-order valence-corrected chi connectivity index (χ0v) is 11.6. The number of anilines is 1. The molecule has 1 aliphatic carbocycles. The van der Waals surface area contributed by atoms with Gasteiger partial charge in [-0.2, -0.15) is 5.26 Å². The van der Waals surface area contributed by atoms with Crippen LogP contribution >= 0.6 is 0 Å². The van der Waals surface area contributed by atoms with Crippen molar-refractivity contribution < 1.29 is 4.79 Å². The highest BCUT2D eigenvalue weighted by Gasteiger charge is 2.47. The Labute approximate surface area is 119 Å². The van der Waals surface area contributed by atoms with Gasteiger partial charge in [0.15, 0.2) is 0 Å². The second kappa shape index (κ2) is 5.16. The van der Waals surface area contributed by atoms with Crippen LogP contribution in [-0.4, -0.2) is 37.0 Å². The number of carbonyl (C=O) groups is 1.